The zero-order chi connectivity index (χ0) is 20.4. The highest BCUT2D eigenvalue weighted by Gasteiger charge is 2.26. The molecule has 29 heavy (non-hydrogen) atoms. The van der Waals surface area contributed by atoms with Gasteiger partial charge in [0.25, 0.3) is 11.8 Å². The standard InChI is InChI=1S/C22H23N3O3S/c1-2-15-3-5-16(6-4-15)21(27)24-9-11-25(12-10-24)22(28)17-7-8-19-18(13-17)23-20(26)14-29-19/h3-8,13H,2,9-12,14H2,1H3,(H,23,26). The lowest BCUT2D eigenvalue weighted by Gasteiger charge is -2.35. The lowest BCUT2D eigenvalue weighted by Crippen LogP contribution is -2.50. The fourth-order valence-corrected chi connectivity index (χ4v) is 4.37. The van der Waals surface area contributed by atoms with E-state index in [0.29, 0.717) is 48.7 Å². The summed E-state index contributed by atoms with van der Waals surface area (Å²) in [5.41, 5.74) is 3.14. The van der Waals surface area contributed by atoms with Crippen molar-refractivity contribution in [2.24, 2.45) is 0 Å². The molecule has 0 spiro atoms. The molecule has 0 radical (unpaired) electrons. The molecular formula is C22H23N3O3S. The first kappa shape index (κ1) is 19.5. The number of benzene rings is 2. The normalized spacial score (nSPS) is 16.2. The molecule has 2 heterocycles. The molecule has 0 aromatic heterocycles. The van der Waals surface area contributed by atoms with Crippen molar-refractivity contribution in [1.29, 1.82) is 0 Å². The predicted octanol–water partition coefficient (Wildman–Crippen LogP) is 2.89. The van der Waals surface area contributed by atoms with E-state index in [0.717, 1.165) is 11.3 Å². The Kier molecular flexibility index (Phi) is 5.58. The molecule has 1 saturated heterocycles. The number of hydrogen-bond acceptors (Lipinski definition) is 4. The van der Waals surface area contributed by atoms with Gasteiger partial charge < -0.3 is 15.1 Å². The summed E-state index contributed by atoms with van der Waals surface area (Å²) in [5, 5.41) is 2.82. The smallest absolute Gasteiger partial charge is 0.254 e. The van der Waals surface area contributed by atoms with Crippen molar-refractivity contribution in [2.75, 3.05) is 37.2 Å². The van der Waals surface area contributed by atoms with Crippen LogP contribution >= 0.6 is 11.8 Å². The molecule has 6 nitrogen and oxygen atoms in total. The second-order valence-electron chi connectivity index (χ2n) is 7.18. The Balaban J connectivity index is 1.39. The van der Waals surface area contributed by atoms with E-state index in [1.165, 1.54) is 17.3 Å². The number of carbonyl (C=O) groups is 3. The molecule has 0 unspecified atom stereocenters. The molecule has 150 valence electrons. The van der Waals surface area contributed by atoms with Crippen LogP contribution in [0.4, 0.5) is 5.69 Å². The summed E-state index contributed by atoms with van der Waals surface area (Å²) in [7, 11) is 0. The van der Waals surface area contributed by atoms with Crippen LogP contribution in [0.15, 0.2) is 47.4 Å². The van der Waals surface area contributed by atoms with Gasteiger partial charge in [0.1, 0.15) is 0 Å². The third-order valence-electron chi connectivity index (χ3n) is 5.32. The molecule has 0 saturated carbocycles. The Bertz CT molecular complexity index is 950. The van der Waals surface area contributed by atoms with Crippen LogP contribution in [-0.4, -0.2) is 59.5 Å². The molecule has 0 bridgehead atoms. The van der Waals surface area contributed by atoms with E-state index in [2.05, 4.69) is 12.2 Å². The van der Waals surface area contributed by atoms with Crippen LogP contribution in [0.25, 0.3) is 0 Å². The second kappa shape index (κ2) is 8.29. The summed E-state index contributed by atoms with van der Waals surface area (Å²) in [4.78, 5) is 41.7. The van der Waals surface area contributed by atoms with Crippen LogP contribution in [-0.2, 0) is 11.2 Å². The monoisotopic (exact) mass is 409 g/mol. The van der Waals surface area contributed by atoms with Crippen molar-refractivity contribution in [3.05, 3.63) is 59.2 Å². The van der Waals surface area contributed by atoms with E-state index >= 15 is 0 Å². The van der Waals surface area contributed by atoms with Gasteiger partial charge in [-0.3, -0.25) is 14.4 Å². The topological polar surface area (TPSA) is 69.7 Å². The number of anilines is 1. The fraction of sp³-hybridized carbons (Fsp3) is 0.318. The summed E-state index contributed by atoms with van der Waals surface area (Å²) in [6.45, 7) is 4.10. The molecule has 3 amide bonds. The maximum Gasteiger partial charge on any atom is 0.254 e. The molecule has 2 aromatic carbocycles. The fourth-order valence-electron chi connectivity index (χ4n) is 3.58. The predicted molar refractivity (Wildman–Crippen MR) is 113 cm³/mol. The van der Waals surface area contributed by atoms with E-state index in [4.69, 9.17) is 0 Å². The van der Waals surface area contributed by atoms with Gasteiger partial charge in [0.05, 0.1) is 11.4 Å². The van der Waals surface area contributed by atoms with Crippen LogP contribution in [0.5, 0.6) is 0 Å². The van der Waals surface area contributed by atoms with Crippen molar-refractivity contribution < 1.29 is 14.4 Å². The first-order valence-electron chi connectivity index (χ1n) is 9.79. The number of nitrogens with zero attached hydrogens (tertiary/aromatic N) is 2. The number of fused-ring (bicyclic) bond motifs is 1. The zero-order valence-corrected chi connectivity index (χ0v) is 17.1. The lowest BCUT2D eigenvalue weighted by molar-refractivity contribution is -0.113. The number of rotatable bonds is 3. The number of piperazine rings is 1. The highest BCUT2D eigenvalue weighted by Crippen LogP contribution is 2.32. The molecule has 1 fully saturated rings. The Morgan fingerprint density at radius 1 is 0.931 bits per heavy atom. The number of carbonyl (C=O) groups excluding carboxylic acids is 3. The minimum absolute atomic E-state index is 0.00766. The first-order valence-corrected chi connectivity index (χ1v) is 10.8. The number of aryl methyl sites for hydroxylation is 1. The maximum atomic E-state index is 12.9. The van der Waals surface area contributed by atoms with Crippen LogP contribution in [0.3, 0.4) is 0 Å². The van der Waals surface area contributed by atoms with E-state index < -0.39 is 0 Å². The van der Waals surface area contributed by atoms with Gasteiger partial charge in [-0.1, -0.05) is 19.1 Å². The highest BCUT2D eigenvalue weighted by atomic mass is 32.2. The summed E-state index contributed by atoms with van der Waals surface area (Å²) in [6, 6.07) is 13.1. The molecule has 2 aromatic rings. The van der Waals surface area contributed by atoms with Crippen LogP contribution in [0.2, 0.25) is 0 Å². The average molecular weight is 410 g/mol. The van der Waals surface area contributed by atoms with Crippen molar-refractivity contribution in [3.8, 4) is 0 Å². The summed E-state index contributed by atoms with van der Waals surface area (Å²) in [5.74, 6) is 0.286. The minimum atomic E-state index is -0.0722. The molecule has 2 aliphatic heterocycles. The molecule has 7 heteroatoms. The third-order valence-corrected chi connectivity index (χ3v) is 6.40. The SMILES string of the molecule is CCc1ccc(C(=O)N2CCN(C(=O)c3ccc4c(c3)NC(=O)CS4)CC2)cc1. The van der Waals surface area contributed by atoms with Crippen LogP contribution in [0, 0.1) is 0 Å². The molecule has 0 atom stereocenters. The zero-order valence-electron chi connectivity index (χ0n) is 16.3. The number of amides is 3. The maximum absolute atomic E-state index is 12.9. The highest BCUT2D eigenvalue weighted by molar-refractivity contribution is 8.00. The molecule has 2 aliphatic rings. The van der Waals surface area contributed by atoms with E-state index in [-0.39, 0.29) is 17.7 Å². The Labute approximate surface area is 174 Å². The lowest BCUT2D eigenvalue weighted by atomic mass is 10.1. The Morgan fingerprint density at radius 3 is 2.14 bits per heavy atom. The van der Waals surface area contributed by atoms with E-state index in [1.54, 1.807) is 21.9 Å². The molecule has 0 aliphatic carbocycles. The van der Waals surface area contributed by atoms with Gasteiger partial charge in [-0.2, -0.15) is 0 Å². The summed E-state index contributed by atoms with van der Waals surface area (Å²) < 4.78 is 0. The third kappa shape index (κ3) is 4.15. The van der Waals surface area contributed by atoms with Gasteiger partial charge in [0.2, 0.25) is 5.91 Å². The van der Waals surface area contributed by atoms with E-state index in [1.807, 2.05) is 30.3 Å². The molecular weight excluding hydrogens is 386 g/mol. The quantitative estimate of drug-likeness (QED) is 0.846. The van der Waals surface area contributed by atoms with Crippen LogP contribution in [0.1, 0.15) is 33.2 Å². The number of hydrogen-bond donors (Lipinski definition) is 1. The number of nitrogens with one attached hydrogen (secondary N) is 1. The van der Waals surface area contributed by atoms with Crippen LogP contribution < -0.4 is 5.32 Å². The van der Waals surface area contributed by atoms with Gasteiger partial charge in [-0.15, -0.1) is 11.8 Å². The first-order chi connectivity index (χ1) is 14.0. The Morgan fingerprint density at radius 2 is 1.52 bits per heavy atom. The van der Waals surface area contributed by atoms with Gasteiger partial charge in [-0.25, -0.2) is 0 Å². The summed E-state index contributed by atoms with van der Waals surface area (Å²) in [6.07, 6.45) is 0.945. The largest absolute Gasteiger partial charge is 0.335 e. The molecule has 4 rings (SSSR count). The van der Waals surface area contributed by atoms with Crippen molar-refractivity contribution in [3.63, 3.8) is 0 Å². The molecule has 1 N–H and O–H groups in total. The van der Waals surface area contributed by atoms with E-state index in [9.17, 15) is 14.4 Å². The van der Waals surface area contributed by atoms with Gasteiger partial charge in [-0.05, 0) is 42.3 Å². The second-order valence-corrected chi connectivity index (χ2v) is 8.20. The van der Waals surface area contributed by atoms with Crippen molar-refractivity contribution in [1.82, 2.24) is 9.80 Å². The number of thioether (sulfide) groups is 1. The Hall–Kier alpha value is -2.80. The summed E-state index contributed by atoms with van der Waals surface area (Å²) >= 11 is 1.48. The van der Waals surface area contributed by atoms with Gasteiger partial charge >= 0.3 is 0 Å². The van der Waals surface area contributed by atoms with Gasteiger partial charge in [0.15, 0.2) is 0 Å². The average Bonchev–Trinajstić information content (AvgIpc) is 2.77. The minimum Gasteiger partial charge on any atom is -0.335 e. The van der Waals surface area contributed by atoms with Crippen molar-refractivity contribution in [2.45, 2.75) is 18.2 Å². The van der Waals surface area contributed by atoms with Crippen molar-refractivity contribution >= 4 is 35.2 Å². The van der Waals surface area contributed by atoms with Gasteiger partial charge in [0, 0.05) is 42.2 Å².